The van der Waals surface area contributed by atoms with E-state index in [-0.39, 0.29) is 0 Å². The summed E-state index contributed by atoms with van der Waals surface area (Å²) in [5.74, 6) is 1.43. The van der Waals surface area contributed by atoms with Crippen LogP contribution in [0.25, 0.3) is 157 Å². The fourth-order valence-corrected chi connectivity index (χ4v) is 21.4. The highest BCUT2D eigenvalue weighted by atomic mass is 28.3. The predicted molar refractivity (Wildman–Crippen MR) is 434 cm³/mol. The summed E-state index contributed by atoms with van der Waals surface area (Å²) in [7, 11) is -3.43. The monoisotopic (exact) mass is 1340 g/mol. The van der Waals surface area contributed by atoms with Crippen molar-refractivity contribution in [2.45, 2.75) is 26.2 Å². The highest BCUT2D eigenvalue weighted by molar-refractivity contribution is 7.04. The number of aromatic nitrogens is 4. The highest BCUT2D eigenvalue weighted by Crippen LogP contribution is 2.41. The van der Waals surface area contributed by atoms with Crippen LogP contribution >= 0.6 is 0 Å². The SMILES string of the molecule is C[Si]1(C)c2ccccc2-c2c(-c3ccc(-c4ccc(-c5cc(-c6cccc(-c7ccccc7)c6)nc(-c6ccccc6)n5)cc4)cc3)cccc21.C[Si]1(C)c2ccccc2-c2c(-c3ccc(-c4ccc(-c5cc(-c6ccccc6)nc(-c6ccc(-c7ccccc7)cc6)n5)cc4)cc3)cccc21. The van der Waals surface area contributed by atoms with Crippen molar-refractivity contribution in [1.29, 1.82) is 0 Å². The molecule has 0 fully saturated rings. The molecule has 0 N–H and O–H groups in total. The molecule has 102 heavy (non-hydrogen) atoms. The molecule has 4 nitrogen and oxygen atoms in total. The quantitative estimate of drug-likeness (QED) is 0.114. The van der Waals surface area contributed by atoms with Gasteiger partial charge in [-0.15, -0.1) is 0 Å². The van der Waals surface area contributed by atoms with Gasteiger partial charge >= 0.3 is 0 Å². The smallest absolute Gasteiger partial charge is 0.160 e. The molecule has 2 aliphatic rings. The Labute approximate surface area is 599 Å². The van der Waals surface area contributed by atoms with Crippen LogP contribution in [-0.4, -0.2) is 36.1 Å². The first-order valence-electron chi connectivity index (χ1n) is 35.2. The van der Waals surface area contributed by atoms with Gasteiger partial charge in [0.05, 0.1) is 22.8 Å². The second kappa shape index (κ2) is 26.7. The van der Waals surface area contributed by atoms with Crippen LogP contribution in [0.4, 0.5) is 0 Å². The Morgan fingerprint density at radius 3 is 0.804 bits per heavy atom. The molecule has 14 aromatic carbocycles. The largest absolute Gasteiger partial charge is 0.228 e. The van der Waals surface area contributed by atoms with Crippen molar-refractivity contribution in [2.75, 3.05) is 0 Å². The predicted octanol–water partition coefficient (Wildman–Crippen LogP) is 22.6. The van der Waals surface area contributed by atoms with E-state index in [1.54, 1.807) is 0 Å². The summed E-state index contributed by atoms with van der Waals surface area (Å²) < 4.78 is 0. The lowest BCUT2D eigenvalue weighted by atomic mass is 9.93. The Bertz CT molecular complexity index is 5740. The molecule has 6 heteroatoms. The molecule has 0 atom stereocenters. The molecule has 16 aromatic rings. The minimum Gasteiger partial charge on any atom is -0.228 e. The molecule has 2 aliphatic heterocycles. The fourth-order valence-electron chi connectivity index (χ4n) is 15.2. The van der Waals surface area contributed by atoms with Gasteiger partial charge in [-0.25, -0.2) is 19.9 Å². The number of nitrogens with zero attached hydrogens (tertiary/aromatic N) is 4. The standard InChI is InChI=1S/2C48H36N2Si/c1-51(2)45-21-10-9-19-42(45)47-41(20-12-22-46(47)51)36-27-23-34(24-28-36)35-25-29-37(30-26-35)43-32-44(50-48(49-43)38-15-7-4-8-16-38)40-18-11-17-39(31-40)33-13-5-3-6-14-33;1-51(2)45-18-10-9-16-42(45)47-41(17-11-19-46(47)51)37-26-20-35(21-27-37)36-22-28-39(29-23-36)44-32-43(38-14-7-4-8-15-38)49-48(50-44)40-30-24-34(25-31-40)33-12-5-3-6-13-33/h2*3-32H,1-2H3. The van der Waals surface area contributed by atoms with Crippen LogP contribution in [0.1, 0.15) is 0 Å². The molecule has 0 unspecified atom stereocenters. The topological polar surface area (TPSA) is 51.6 Å². The normalized spacial score (nSPS) is 12.7. The zero-order valence-corrected chi connectivity index (χ0v) is 59.4. The third-order valence-corrected chi connectivity index (χ3v) is 27.8. The van der Waals surface area contributed by atoms with Crippen LogP contribution in [0.15, 0.2) is 364 Å². The van der Waals surface area contributed by atoms with Crippen molar-refractivity contribution in [1.82, 2.24) is 19.9 Å². The maximum absolute atomic E-state index is 5.10. The van der Waals surface area contributed by atoms with Gasteiger partial charge in [-0.05, 0) is 128 Å². The van der Waals surface area contributed by atoms with E-state index in [2.05, 4.69) is 354 Å². The Hall–Kier alpha value is -12.3. The van der Waals surface area contributed by atoms with E-state index < -0.39 is 16.1 Å². The third kappa shape index (κ3) is 12.1. The first-order valence-corrected chi connectivity index (χ1v) is 41.2. The molecule has 0 amide bonds. The van der Waals surface area contributed by atoms with Crippen molar-refractivity contribution in [3.63, 3.8) is 0 Å². The van der Waals surface area contributed by atoms with Gasteiger partial charge < -0.3 is 0 Å². The van der Waals surface area contributed by atoms with Gasteiger partial charge in [0, 0.05) is 33.4 Å². The van der Waals surface area contributed by atoms with Crippen molar-refractivity contribution in [2.24, 2.45) is 0 Å². The maximum Gasteiger partial charge on any atom is 0.160 e. The van der Waals surface area contributed by atoms with Crippen LogP contribution in [0.5, 0.6) is 0 Å². The van der Waals surface area contributed by atoms with E-state index in [1.165, 1.54) is 104 Å². The molecule has 0 saturated heterocycles. The van der Waals surface area contributed by atoms with E-state index >= 15 is 0 Å². The Morgan fingerprint density at radius 1 is 0.167 bits per heavy atom. The van der Waals surface area contributed by atoms with Crippen LogP contribution in [-0.2, 0) is 0 Å². The molecule has 4 heterocycles. The molecule has 0 saturated carbocycles. The molecule has 18 rings (SSSR count). The second-order valence-corrected chi connectivity index (χ2v) is 36.3. The Kier molecular flexibility index (Phi) is 16.5. The fraction of sp³-hybridized carbons (Fsp3) is 0.0417. The van der Waals surface area contributed by atoms with Crippen molar-refractivity contribution >= 4 is 36.9 Å². The van der Waals surface area contributed by atoms with Gasteiger partial charge in [0.2, 0.25) is 0 Å². The zero-order valence-electron chi connectivity index (χ0n) is 57.4. The van der Waals surface area contributed by atoms with Crippen LogP contribution in [0, 0.1) is 0 Å². The molecular weight excluding hydrogens is 1270 g/mol. The third-order valence-electron chi connectivity index (χ3n) is 20.7. The minimum atomic E-state index is -1.71. The van der Waals surface area contributed by atoms with Gasteiger partial charge in [0.1, 0.15) is 16.1 Å². The lowest BCUT2D eigenvalue weighted by Crippen LogP contribution is -2.49. The average molecular weight is 1340 g/mol. The molecule has 0 aliphatic carbocycles. The summed E-state index contributed by atoms with van der Waals surface area (Å²) in [5.41, 5.74) is 30.1. The summed E-state index contributed by atoms with van der Waals surface area (Å²) in [6, 6.07) is 130. The molecule has 2 aromatic heterocycles. The molecular formula is C96H72N4Si2. The van der Waals surface area contributed by atoms with Crippen LogP contribution in [0.3, 0.4) is 0 Å². The maximum atomic E-state index is 5.10. The lowest BCUT2D eigenvalue weighted by molar-refractivity contribution is 1.18. The van der Waals surface area contributed by atoms with E-state index in [0.29, 0.717) is 11.6 Å². The van der Waals surface area contributed by atoms with Gasteiger partial charge in [-0.1, -0.05) is 372 Å². The van der Waals surface area contributed by atoms with Crippen molar-refractivity contribution in [3.05, 3.63) is 364 Å². The van der Waals surface area contributed by atoms with Gasteiger partial charge in [-0.3, -0.25) is 0 Å². The van der Waals surface area contributed by atoms with E-state index in [0.717, 1.165) is 61.7 Å². The first kappa shape index (κ1) is 63.1. The summed E-state index contributed by atoms with van der Waals surface area (Å²) in [6.45, 7) is 9.90. The number of benzene rings is 14. The van der Waals surface area contributed by atoms with Crippen LogP contribution in [0.2, 0.25) is 26.2 Å². The molecule has 0 bridgehead atoms. The zero-order chi connectivity index (χ0) is 68.7. The van der Waals surface area contributed by atoms with Crippen molar-refractivity contribution in [3.8, 4) is 157 Å². The van der Waals surface area contributed by atoms with E-state index in [9.17, 15) is 0 Å². The number of rotatable bonds is 12. The van der Waals surface area contributed by atoms with Gasteiger partial charge in [-0.2, -0.15) is 0 Å². The molecule has 0 radical (unpaired) electrons. The number of fused-ring (bicyclic) bond motifs is 6. The Balaban J connectivity index is 0.000000152. The summed E-state index contributed by atoms with van der Waals surface area (Å²) in [6.07, 6.45) is 0. The number of hydrogen-bond donors (Lipinski definition) is 0. The average Bonchev–Trinajstić information content (AvgIpc) is 1.58. The van der Waals surface area contributed by atoms with Crippen LogP contribution < -0.4 is 20.7 Å². The van der Waals surface area contributed by atoms with Gasteiger partial charge in [0.15, 0.2) is 11.6 Å². The Morgan fingerprint density at radius 2 is 0.402 bits per heavy atom. The minimum absolute atomic E-state index is 0.715. The first-order chi connectivity index (χ1) is 50.1. The summed E-state index contributed by atoms with van der Waals surface area (Å²) in [4.78, 5) is 20.3. The summed E-state index contributed by atoms with van der Waals surface area (Å²) in [5, 5.41) is 6.15. The molecule has 484 valence electrons. The lowest BCUT2D eigenvalue weighted by Gasteiger charge is -2.19. The van der Waals surface area contributed by atoms with Gasteiger partial charge in [0.25, 0.3) is 0 Å². The second-order valence-electron chi connectivity index (χ2n) is 27.7. The number of hydrogen-bond acceptors (Lipinski definition) is 4. The van der Waals surface area contributed by atoms with Crippen molar-refractivity contribution < 1.29 is 0 Å². The summed E-state index contributed by atoms with van der Waals surface area (Å²) >= 11 is 0. The van der Waals surface area contributed by atoms with E-state index in [4.69, 9.17) is 19.9 Å². The van der Waals surface area contributed by atoms with E-state index in [1.807, 2.05) is 36.4 Å². The highest BCUT2D eigenvalue weighted by Gasteiger charge is 2.40. The molecule has 0 spiro atoms.